The summed E-state index contributed by atoms with van der Waals surface area (Å²) >= 11 is 0. The van der Waals surface area contributed by atoms with E-state index in [4.69, 9.17) is 0 Å². The van der Waals surface area contributed by atoms with Crippen LogP contribution >= 0.6 is 10.5 Å². The van der Waals surface area contributed by atoms with Crippen molar-refractivity contribution < 1.29 is 30.4 Å². The average Bonchev–Trinajstić information content (AvgIpc) is 2.71. The number of unbranched alkanes of at least 4 members (excludes halogenated alkanes) is 1. The highest BCUT2D eigenvalue weighted by molar-refractivity contribution is 7.38. The highest BCUT2D eigenvalue weighted by Gasteiger charge is 2.47. The molecule has 0 bridgehead atoms. The van der Waals surface area contributed by atoms with Crippen molar-refractivity contribution in [2.45, 2.75) is 38.6 Å². The number of alkyl halides is 3. The minimum absolute atomic E-state index is 0.452. The van der Waals surface area contributed by atoms with Crippen LogP contribution in [0.25, 0.3) is 10.1 Å². The summed E-state index contributed by atoms with van der Waals surface area (Å²) in [6.45, 7) is 3.83. The van der Waals surface area contributed by atoms with E-state index in [-0.39, 0.29) is 0 Å². The van der Waals surface area contributed by atoms with Crippen LogP contribution in [0, 0.1) is 6.92 Å². The molecule has 23 heavy (non-hydrogen) atoms. The molecular formula is C14H16BF7S. The molecule has 0 aliphatic rings. The lowest BCUT2D eigenvalue weighted by molar-refractivity contribution is -0.0867. The van der Waals surface area contributed by atoms with E-state index < -0.39 is 23.2 Å². The van der Waals surface area contributed by atoms with E-state index in [0.717, 1.165) is 23.8 Å². The smallest absolute Gasteiger partial charge is 0.418 e. The van der Waals surface area contributed by atoms with Gasteiger partial charge in [-0.25, -0.2) is 0 Å². The molecule has 1 unspecified atom stereocenters. The number of hydrogen-bond donors (Lipinski definition) is 0. The molecule has 0 nitrogen and oxygen atoms in total. The van der Waals surface area contributed by atoms with Gasteiger partial charge in [-0.3, -0.25) is 0 Å². The van der Waals surface area contributed by atoms with Crippen LogP contribution in [0.1, 0.15) is 30.2 Å². The maximum atomic E-state index is 13.2. The Morgan fingerprint density at radius 2 is 1.61 bits per heavy atom. The maximum Gasteiger partial charge on any atom is 0.673 e. The summed E-state index contributed by atoms with van der Waals surface area (Å²) in [5, 5.41) is 0.743. The van der Waals surface area contributed by atoms with E-state index in [2.05, 4.69) is 0 Å². The quantitative estimate of drug-likeness (QED) is 0.314. The molecule has 1 heterocycles. The Hall–Kier alpha value is -1.25. The zero-order chi connectivity index (χ0) is 17.8. The van der Waals surface area contributed by atoms with Crippen LogP contribution in [0.2, 0.25) is 0 Å². The molecule has 1 aromatic heterocycles. The molecule has 1 aromatic carbocycles. The van der Waals surface area contributed by atoms with Gasteiger partial charge in [-0.05, 0) is 25.0 Å². The Kier molecular flexibility index (Phi) is 6.50. The molecule has 130 valence electrons. The van der Waals surface area contributed by atoms with Gasteiger partial charge in [0, 0.05) is 23.9 Å². The Bertz CT molecular complexity index is 637. The summed E-state index contributed by atoms with van der Waals surface area (Å²) in [5.41, 5.74) is -3.26. The van der Waals surface area contributed by atoms with Gasteiger partial charge in [0.1, 0.15) is 0 Å². The van der Waals surface area contributed by atoms with E-state index in [0.29, 0.717) is 16.0 Å². The predicted molar refractivity (Wildman–Crippen MR) is 81.3 cm³/mol. The summed E-state index contributed by atoms with van der Waals surface area (Å²) < 4.78 is 79.1. The molecule has 2 aromatic rings. The number of aryl methyl sites for hydroxylation is 2. The highest BCUT2D eigenvalue weighted by atomic mass is 32.2. The molecule has 1 atom stereocenters. The Labute approximate surface area is 132 Å². The molecule has 0 radical (unpaired) electrons. The molecule has 0 N–H and O–H groups in total. The molecule has 0 saturated heterocycles. The number of halogens is 7. The van der Waals surface area contributed by atoms with Crippen LogP contribution in [-0.4, -0.2) is 7.25 Å². The Morgan fingerprint density at radius 1 is 1.04 bits per heavy atom. The Morgan fingerprint density at radius 3 is 2.09 bits per heavy atom. The molecule has 0 amide bonds. The fourth-order valence-corrected chi connectivity index (χ4v) is 4.20. The van der Waals surface area contributed by atoms with Crippen molar-refractivity contribution in [2.24, 2.45) is 0 Å². The second-order valence-electron chi connectivity index (χ2n) is 5.00. The van der Waals surface area contributed by atoms with Crippen LogP contribution in [0.5, 0.6) is 0 Å². The third-order valence-electron chi connectivity index (χ3n) is 2.98. The lowest BCUT2D eigenvalue weighted by Gasteiger charge is -2.00. The zero-order valence-electron chi connectivity index (χ0n) is 12.6. The minimum atomic E-state index is -6.00. The number of hydrogen-bond acceptors (Lipinski definition) is 0. The molecule has 0 saturated carbocycles. The van der Waals surface area contributed by atoms with Gasteiger partial charge in [-0.2, -0.15) is 0 Å². The molecule has 0 fully saturated rings. The second-order valence-corrected chi connectivity index (χ2v) is 7.04. The van der Waals surface area contributed by atoms with Gasteiger partial charge in [0.2, 0.25) is 0 Å². The van der Waals surface area contributed by atoms with Gasteiger partial charge in [-0.1, -0.05) is 19.4 Å². The zero-order valence-corrected chi connectivity index (χ0v) is 13.4. The van der Waals surface area contributed by atoms with Crippen molar-refractivity contribution in [1.29, 1.82) is 0 Å². The summed E-state index contributed by atoms with van der Waals surface area (Å²) in [6.07, 6.45) is 2.28. The normalized spacial score (nSPS) is 13.0. The fraction of sp³-hybridized carbons (Fsp3) is 0.429. The van der Waals surface area contributed by atoms with Crippen LogP contribution < -0.4 is 0 Å². The summed E-state index contributed by atoms with van der Waals surface area (Å²) in [7, 11) is -7.71. The standard InChI is InChI=1S/C14H16F3S.BF4/c1-3-4-5-12-9-11-7-6-10(2)8-13(11)18(12)14(15,16)17;2-1(3,4)5/h6-9H,3-5H2,1-2H3;/q+1;-1. The average molecular weight is 360 g/mol. The van der Waals surface area contributed by atoms with Crippen molar-refractivity contribution in [3.8, 4) is 0 Å². The van der Waals surface area contributed by atoms with Gasteiger partial charge in [0.25, 0.3) is 0 Å². The first-order valence-corrected chi connectivity index (χ1v) is 8.15. The van der Waals surface area contributed by atoms with Crippen LogP contribution in [0.3, 0.4) is 0 Å². The van der Waals surface area contributed by atoms with Gasteiger partial charge < -0.3 is 17.3 Å². The topological polar surface area (TPSA) is 0 Å². The van der Waals surface area contributed by atoms with Crippen LogP contribution in [0.15, 0.2) is 24.3 Å². The van der Waals surface area contributed by atoms with Gasteiger partial charge in [0.15, 0.2) is 9.58 Å². The first-order valence-electron chi connectivity index (χ1n) is 6.93. The Balaban J connectivity index is 0.000000463. The van der Waals surface area contributed by atoms with Crippen molar-refractivity contribution in [3.63, 3.8) is 0 Å². The predicted octanol–water partition coefficient (Wildman–Crippen LogP) is 7.02. The number of thiophene rings is 1. The van der Waals surface area contributed by atoms with E-state index in [1.807, 2.05) is 19.9 Å². The fourth-order valence-electron chi connectivity index (χ4n) is 2.11. The molecule has 2 rings (SSSR count). The summed E-state index contributed by atoms with van der Waals surface area (Å²) in [5.74, 6) is 0. The number of rotatable bonds is 3. The maximum absolute atomic E-state index is 13.2. The van der Waals surface area contributed by atoms with Gasteiger partial charge in [0.05, 0.1) is 10.5 Å². The lowest BCUT2D eigenvalue weighted by Crippen LogP contribution is -2.02. The molecule has 0 aliphatic heterocycles. The minimum Gasteiger partial charge on any atom is -0.418 e. The van der Waals surface area contributed by atoms with Crippen molar-refractivity contribution in [1.82, 2.24) is 0 Å². The molecule has 9 heteroatoms. The van der Waals surface area contributed by atoms with E-state index in [1.54, 1.807) is 18.2 Å². The van der Waals surface area contributed by atoms with Crippen molar-refractivity contribution in [2.75, 3.05) is 0 Å². The lowest BCUT2D eigenvalue weighted by atomic mass is 10.1. The van der Waals surface area contributed by atoms with Crippen molar-refractivity contribution >= 4 is 27.8 Å². The van der Waals surface area contributed by atoms with Gasteiger partial charge in [-0.15, -0.1) is 13.2 Å². The second kappa shape index (κ2) is 7.55. The summed E-state index contributed by atoms with van der Waals surface area (Å²) in [4.78, 5) is 0.546. The van der Waals surface area contributed by atoms with Crippen LogP contribution in [-0.2, 0) is 11.9 Å². The largest absolute Gasteiger partial charge is 0.673 e. The third kappa shape index (κ3) is 6.41. The van der Waals surface area contributed by atoms with Crippen LogP contribution in [0.4, 0.5) is 30.4 Å². The molecule has 0 spiro atoms. The number of benzene rings is 1. The SMILES string of the molecule is CCCCc1cc2ccc(C)cc2[s+]1C(F)(F)F.F[B-](F)(F)F. The monoisotopic (exact) mass is 360 g/mol. The first kappa shape index (κ1) is 19.8. The third-order valence-corrected chi connectivity index (χ3v) is 5.08. The van der Waals surface area contributed by atoms with E-state index in [1.165, 1.54) is 0 Å². The first-order chi connectivity index (χ1) is 10.4. The van der Waals surface area contributed by atoms with E-state index in [9.17, 15) is 30.4 Å². The number of fused-ring (bicyclic) bond motifs is 1. The molecular weight excluding hydrogens is 344 g/mol. The van der Waals surface area contributed by atoms with Crippen molar-refractivity contribution in [3.05, 3.63) is 34.7 Å². The summed E-state index contributed by atoms with van der Waals surface area (Å²) in [6, 6.07) is 7.09. The van der Waals surface area contributed by atoms with Gasteiger partial charge >= 0.3 is 12.8 Å². The van der Waals surface area contributed by atoms with E-state index >= 15 is 0 Å². The highest BCUT2D eigenvalue weighted by Crippen LogP contribution is 2.51. The molecule has 0 aliphatic carbocycles.